The van der Waals surface area contributed by atoms with Crippen LogP contribution < -0.4 is 5.32 Å². The van der Waals surface area contributed by atoms with Crippen LogP contribution in [-0.2, 0) is 17.6 Å². The van der Waals surface area contributed by atoms with Crippen molar-refractivity contribution in [2.45, 2.75) is 26.2 Å². The normalized spacial score (nSPS) is 11.3. The Balaban J connectivity index is 1.34. The molecule has 2 N–H and O–H groups in total. The van der Waals surface area contributed by atoms with Crippen molar-refractivity contribution in [1.82, 2.24) is 24.9 Å². The number of aromatic nitrogens is 4. The molecule has 0 saturated carbocycles. The summed E-state index contributed by atoms with van der Waals surface area (Å²) in [7, 11) is 0. The summed E-state index contributed by atoms with van der Waals surface area (Å²) in [6.45, 7) is 2.45. The zero-order chi connectivity index (χ0) is 18.8. The Bertz CT molecular complexity index is 1110. The number of carbonyl (C=O) groups is 1. The van der Waals surface area contributed by atoms with Crippen LogP contribution in [0.25, 0.3) is 16.6 Å². The van der Waals surface area contributed by atoms with Gasteiger partial charge in [0.1, 0.15) is 11.6 Å². The van der Waals surface area contributed by atoms with E-state index in [0.717, 1.165) is 46.5 Å². The van der Waals surface area contributed by atoms with Crippen LogP contribution in [0, 0.1) is 12.7 Å². The smallest absolute Gasteiger partial charge is 0.224 e. The molecule has 0 bridgehead atoms. The molecule has 0 aliphatic carbocycles. The lowest BCUT2D eigenvalue weighted by molar-refractivity contribution is -0.120. The fourth-order valence-corrected chi connectivity index (χ4v) is 3.34. The van der Waals surface area contributed by atoms with Gasteiger partial charge in [-0.2, -0.15) is 0 Å². The van der Waals surface area contributed by atoms with Crippen LogP contribution in [0.5, 0.6) is 0 Å². The summed E-state index contributed by atoms with van der Waals surface area (Å²) in [6, 6.07) is 10.3. The molecular weight excluding hydrogens is 345 g/mol. The number of fused-ring (bicyclic) bond motifs is 2. The lowest BCUT2D eigenvalue weighted by Gasteiger charge is -2.05. The molecule has 1 aromatic carbocycles. The summed E-state index contributed by atoms with van der Waals surface area (Å²) in [6.07, 6.45) is 3.65. The number of pyridine rings is 1. The number of benzene rings is 1. The highest BCUT2D eigenvalue weighted by Crippen LogP contribution is 2.23. The first-order valence-corrected chi connectivity index (χ1v) is 8.94. The topological polar surface area (TPSA) is 75.1 Å². The lowest BCUT2D eigenvalue weighted by atomic mass is 10.1. The minimum absolute atomic E-state index is 0.0747. The zero-order valence-corrected chi connectivity index (χ0v) is 15.0. The van der Waals surface area contributed by atoms with Crippen molar-refractivity contribution < 1.29 is 9.18 Å². The highest BCUT2D eigenvalue weighted by atomic mass is 19.1. The van der Waals surface area contributed by atoms with Crippen LogP contribution in [0.2, 0.25) is 0 Å². The van der Waals surface area contributed by atoms with E-state index >= 15 is 0 Å². The Morgan fingerprint density at radius 1 is 1.26 bits per heavy atom. The Kier molecular flexibility index (Phi) is 4.58. The first-order valence-electron chi connectivity index (χ1n) is 8.94. The number of halogens is 1. The third-order valence-corrected chi connectivity index (χ3v) is 4.70. The van der Waals surface area contributed by atoms with E-state index < -0.39 is 0 Å². The van der Waals surface area contributed by atoms with Gasteiger partial charge in [-0.15, -0.1) is 10.2 Å². The molecule has 6 nitrogen and oxygen atoms in total. The molecule has 0 aliphatic rings. The largest absolute Gasteiger partial charge is 0.358 e. The van der Waals surface area contributed by atoms with Gasteiger partial charge in [-0.3, -0.25) is 9.20 Å². The molecule has 1 amide bonds. The van der Waals surface area contributed by atoms with Gasteiger partial charge >= 0.3 is 0 Å². The molecule has 27 heavy (non-hydrogen) atoms. The van der Waals surface area contributed by atoms with Gasteiger partial charge in [-0.1, -0.05) is 6.07 Å². The maximum absolute atomic E-state index is 13.5. The maximum atomic E-state index is 13.5. The number of aromatic amines is 1. The van der Waals surface area contributed by atoms with Crippen molar-refractivity contribution in [3.8, 4) is 0 Å². The predicted molar refractivity (Wildman–Crippen MR) is 101 cm³/mol. The Morgan fingerprint density at radius 2 is 2.15 bits per heavy atom. The number of nitrogens with one attached hydrogen (secondary N) is 2. The van der Waals surface area contributed by atoms with Gasteiger partial charge in [-0.25, -0.2) is 4.39 Å². The van der Waals surface area contributed by atoms with Gasteiger partial charge in [0, 0.05) is 35.8 Å². The molecule has 0 aliphatic heterocycles. The molecule has 0 radical (unpaired) electrons. The average Bonchev–Trinajstić information content (AvgIpc) is 3.20. The number of nitrogens with zero attached hydrogens (tertiary/aromatic N) is 3. The minimum atomic E-state index is -0.302. The number of hydrogen-bond acceptors (Lipinski definition) is 3. The number of amides is 1. The summed E-state index contributed by atoms with van der Waals surface area (Å²) in [4.78, 5) is 15.5. The Labute approximate surface area is 155 Å². The Hall–Kier alpha value is -3.22. The molecule has 3 aromatic heterocycles. The van der Waals surface area contributed by atoms with E-state index in [-0.39, 0.29) is 18.1 Å². The summed E-state index contributed by atoms with van der Waals surface area (Å²) in [5.74, 6) is 0.501. The second-order valence-electron chi connectivity index (χ2n) is 6.59. The van der Waals surface area contributed by atoms with Crippen molar-refractivity contribution in [2.75, 3.05) is 6.54 Å². The van der Waals surface area contributed by atoms with E-state index in [1.165, 1.54) is 12.1 Å². The number of H-pyrrole nitrogens is 1. The van der Waals surface area contributed by atoms with Gasteiger partial charge < -0.3 is 10.3 Å². The summed E-state index contributed by atoms with van der Waals surface area (Å²) in [5.41, 5.74) is 3.39. The first-order chi connectivity index (χ1) is 13.1. The summed E-state index contributed by atoms with van der Waals surface area (Å²) < 4.78 is 15.5. The fraction of sp³-hybridized carbons (Fsp3) is 0.250. The van der Waals surface area contributed by atoms with Crippen LogP contribution in [0.1, 0.15) is 23.5 Å². The number of rotatable bonds is 6. The molecule has 138 valence electrons. The molecule has 0 unspecified atom stereocenters. The first kappa shape index (κ1) is 17.2. The van der Waals surface area contributed by atoms with Gasteiger partial charge in [0.05, 0.1) is 6.42 Å². The van der Waals surface area contributed by atoms with Crippen molar-refractivity contribution >= 4 is 22.5 Å². The minimum Gasteiger partial charge on any atom is -0.358 e. The van der Waals surface area contributed by atoms with Crippen LogP contribution in [0.3, 0.4) is 0 Å². The van der Waals surface area contributed by atoms with E-state index in [0.29, 0.717) is 6.54 Å². The van der Waals surface area contributed by atoms with Gasteiger partial charge in [0.2, 0.25) is 5.91 Å². The fourth-order valence-electron chi connectivity index (χ4n) is 3.34. The predicted octanol–water partition coefficient (Wildman–Crippen LogP) is 2.95. The average molecular weight is 365 g/mol. The maximum Gasteiger partial charge on any atom is 0.224 e. The summed E-state index contributed by atoms with van der Waals surface area (Å²) in [5, 5.41) is 12.0. The molecule has 0 saturated heterocycles. The number of aryl methyl sites for hydroxylation is 2. The van der Waals surface area contributed by atoms with Crippen molar-refractivity contribution in [3.05, 3.63) is 65.5 Å². The second kappa shape index (κ2) is 7.19. The third kappa shape index (κ3) is 3.53. The number of carbonyl (C=O) groups excluding carboxylic acids is 1. The van der Waals surface area contributed by atoms with E-state index in [9.17, 15) is 9.18 Å². The van der Waals surface area contributed by atoms with Gasteiger partial charge in [-0.05, 0) is 49.2 Å². The molecule has 0 atom stereocenters. The van der Waals surface area contributed by atoms with Crippen LogP contribution >= 0.6 is 0 Å². The molecule has 0 fully saturated rings. The molecule has 3 heterocycles. The van der Waals surface area contributed by atoms with E-state index in [4.69, 9.17) is 0 Å². The SMILES string of the molecule is Cc1[nH]c2ccc(F)cc2c1CC(=O)NCCCc1nnc2ccccn12. The highest BCUT2D eigenvalue weighted by molar-refractivity contribution is 5.90. The highest BCUT2D eigenvalue weighted by Gasteiger charge is 2.13. The molecule has 4 rings (SSSR count). The molecule has 0 spiro atoms. The number of hydrogen-bond donors (Lipinski definition) is 2. The van der Waals surface area contributed by atoms with Crippen LogP contribution in [0.4, 0.5) is 4.39 Å². The zero-order valence-electron chi connectivity index (χ0n) is 15.0. The molecular formula is C20H20FN5O. The van der Waals surface area contributed by atoms with E-state index in [2.05, 4.69) is 20.5 Å². The standard InChI is InChI=1S/C20H20FN5O/c1-13-15(16-11-14(21)7-8-17(16)23-13)12-20(27)22-9-4-6-19-25-24-18-5-2-3-10-26(18)19/h2-3,5,7-8,10-11,23H,4,6,9,12H2,1H3,(H,22,27). The van der Waals surface area contributed by atoms with Crippen molar-refractivity contribution in [2.24, 2.45) is 0 Å². The molecule has 4 aromatic rings. The van der Waals surface area contributed by atoms with Crippen LogP contribution in [-0.4, -0.2) is 32.0 Å². The van der Waals surface area contributed by atoms with E-state index in [1.54, 1.807) is 6.07 Å². The summed E-state index contributed by atoms with van der Waals surface area (Å²) >= 11 is 0. The van der Waals surface area contributed by atoms with Gasteiger partial charge in [0.25, 0.3) is 0 Å². The Morgan fingerprint density at radius 3 is 3.04 bits per heavy atom. The van der Waals surface area contributed by atoms with Crippen molar-refractivity contribution in [1.29, 1.82) is 0 Å². The van der Waals surface area contributed by atoms with Crippen LogP contribution in [0.15, 0.2) is 42.6 Å². The lowest BCUT2D eigenvalue weighted by Crippen LogP contribution is -2.26. The molecule has 7 heteroatoms. The quantitative estimate of drug-likeness (QED) is 0.516. The van der Waals surface area contributed by atoms with E-state index in [1.807, 2.05) is 35.7 Å². The second-order valence-corrected chi connectivity index (χ2v) is 6.59. The monoisotopic (exact) mass is 365 g/mol. The van der Waals surface area contributed by atoms with Crippen molar-refractivity contribution in [3.63, 3.8) is 0 Å². The third-order valence-electron chi connectivity index (χ3n) is 4.70. The van der Waals surface area contributed by atoms with Gasteiger partial charge in [0.15, 0.2) is 5.65 Å².